The van der Waals surface area contributed by atoms with Gasteiger partial charge in [-0.2, -0.15) is 9.97 Å². The van der Waals surface area contributed by atoms with Crippen molar-refractivity contribution in [3.05, 3.63) is 66.5 Å². The van der Waals surface area contributed by atoms with Gasteiger partial charge in [0, 0.05) is 12.6 Å². The number of imidazole rings is 1. The minimum atomic E-state index is 0.242. The van der Waals surface area contributed by atoms with Gasteiger partial charge in [-0.3, -0.25) is 0 Å². The highest BCUT2D eigenvalue weighted by Crippen LogP contribution is 2.23. The van der Waals surface area contributed by atoms with Crippen molar-refractivity contribution in [1.82, 2.24) is 19.5 Å². The number of benzene rings is 2. The predicted octanol–water partition coefficient (Wildman–Crippen LogP) is 4.27. The minimum Gasteiger partial charge on any atom is -0.368 e. The summed E-state index contributed by atoms with van der Waals surface area (Å²) in [6.07, 6.45) is 1.78. The van der Waals surface area contributed by atoms with Crippen LogP contribution in [0.3, 0.4) is 0 Å². The lowest BCUT2D eigenvalue weighted by Gasteiger charge is -2.10. The second-order valence-corrected chi connectivity index (χ2v) is 6.76. The van der Waals surface area contributed by atoms with Crippen molar-refractivity contribution in [2.24, 2.45) is 0 Å². The van der Waals surface area contributed by atoms with Crippen LogP contribution in [0, 0.1) is 0 Å². The molecule has 0 saturated carbocycles. The van der Waals surface area contributed by atoms with Gasteiger partial charge < -0.3 is 15.6 Å². The Morgan fingerprint density at radius 1 is 0.963 bits per heavy atom. The second kappa shape index (κ2) is 7.07. The first kappa shape index (κ1) is 17.0. The van der Waals surface area contributed by atoms with Crippen LogP contribution >= 0.6 is 0 Å². The molecule has 0 saturated heterocycles. The topological polar surface area (TPSA) is 81.7 Å². The van der Waals surface area contributed by atoms with E-state index in [2.05, 4.69) is 70.5 Å². The fourth-order valence-corrected chi connectivity index (χ4v) is 3.07. The van der Waals surface area contributed by atoms with Gasteiger partial charge in [-0.1, -0.05) is 54.6 Å². The van der Waals surface area contributed by atoms with E-state index in [4.69, 9.17) is 5.73 Å². The maximum Gasteiger partial charge on any atom is 0.224 e. The Morgan fingerprint density at radius 2 is 1.67 bits per heavy atom. The quantitative estimate of drug-likeness (QED) is 0.557. The number of nitrogen functional groups attached to an aromatic ring is 1. The average molecular weight is 358 g/mol. The average Bonchev–Trinajstić information content (AvgIpc) is 3.11. The maximum atomic E-state index is 5.90. The van der Waals surface area contributed by atoms with Gasteiger partial charge in [0.25, 0.3) is 0 Å². The van der Waals surface area contributed by atoms with Gasteiger partial charge in [0.05, 0.1) is 6.33 Å². The molecule has 136 valence electrons. The molecular formula is C21H22N6. The normalized spacial score (nSPS) is 11.2. The van der Waals surface area contributed by atoms with Gasteiger partial charge >= 0.3 is 0 Å². The van der Waals surface area contributed by atoms with Crippen LogP contribution in [0.2, 0.25) is 0 Å². The van der Waals surface area contributed by atoms with Crippen molar-refractivity contribution in [3.63, 3.8) is 0 Å². The molecular weight excluding hydrogens is 336 g/mol. The molecule has 0 radical (unpaired) electrons. The van der Waals surface area contributed by atoms with E-state index < -0.39 is 0 Å². The molecule has 0 atom stereocenters. The highest BCUT2D eigenvalue weighted by molar-refractivity contribution is 5.84. The summed E-state index contributed by atoms with van der Waals surface area (Å²) in [5.74, 6) is 0.899. The number of nitrogens with two attached hydrogens (primary N) is 1. The van der Waals surface area contributed by atoms with Crippen LogP contribution in [0.4, 0.5) is 11.8 Å². The minimum absolute atomic E-state index is 0.242. The summed E-state index contributed by atoms with van der Waals surface area (Å²) in [5.41, 5.74) is 11.0. The van der Waals surface area contributed by atoms with E-state index in [1.54, 1.807) is 6.33 Å². The van der Waals surface area contributed by atoms with E-state index >= 15 is 0 Å². The van der Waals surface area contributed by atoms with Crippen LogP contribution in [-0.4, -0.2) is 19.5 Å². The molecule has 27 heavy (non-hydrogen) atoms. The summed E-state index contributed by atoms with van der Waals surface area (Å²) in [4.78, 5) is 13.1. The molecule has 2 aromatic heterocycles. The van der Waals surface area contributed by atoms with Crippen molar-refractivity contribution >= 4 is 22.9 Å². The Morgan fingerprint density at radius 3 is 2.37 bits per heavy atom. The molecule has 0 aliphatic carbocycles. The third-order valence-electron chi connectivity index (χ3n) is 4.52. The number of rotatable bonds is 5. The van der Waals surface area contributed by atoms with Crippen LogP contribution in [0.5, 0.6) is 0 Å². The summed E-state index contributed by atoms with van der Waals surface area (Å²) in [7, 11) is 0. The number of fused-ring (bicyclic) bond motifs is 1. The lowest BCUT2D eigenvalue weighted by molar-refractivity contribution is 0.613. The predicted molar refractivity (Wildman–Crippen MR) is 109 cm³/mol. The Balaban J connectivity index is 1.55. The highest BCUT2D eigenvalue weighted by Gasteiger charge is 2.13. The Bertz CT molecular complexity index is 1050. The lowest BCUT2D eigenvalue weighted by Crippen LogP contribution is -2.07. The third-order valence-corrected chi connectivity index (χ3v) is 4.52. The van der Waals surface area contributed by atoms with Gasteiger partial charge in [-0.05, 0) is 30.5 Å². The van der Waals surface area contributed by atoms with Gasteiger partial charge in [0.1, 0.15) is 0 Å². The first-order valence-electron chi connectivity index (χ1n) is 9.00. The van der Waals surface area contributed by atoms with Crippen LogP contribution in [-0.2, 0) is 6.54 Å². The SMILES string of the molecule is CC(C)n1cnc2c(NCc3ccc(-c4ccccc4)cc3)nc(N)nc21. The van der Waals surface area contributed by atoms with E-state index in [9.17, 15) is 0 Å². The molecule has 4 aromatic rings. The Kier molecular flexibility index (Phi) is 4.46. The van der Waals surface area contributed by atoms with Gasteiger partial charge in [0.2, 0.25) is 5.95 Å². The third kappa shape index (κ3) is 3.46. The lowest BCUT2D eigenvalue weighted by atomic mass is 10.0. The summed E-state index contributed by atoms with van der Waals surface area (Å²) in [6, 6.07) is 19.1. The van der Waals surface area contributed by atoms with Gasteiger partial charge in [-0.25, -0.2) is 4.98 Å². The van der Waals surface area contributed by atoms with Gasteiger partial charge in [0.15, 0.2) is 17.0 Å². The van der Waals surface area contributed by atoms with Crippen molar-refractivity contribution in [2.75, 3.05) is 11.1 Å². The van der Waals surface area contributed by atoms with Crippen LogP contribution in [0.15, 0.2) is 60.9 Å². The number of hydrogen-bond acceptors (Lipinski definition) is 5. The molecule has 3 N–H and O–H groups in total. The summed E-state index contributed by atoms with van der Waals surface area (Å²) >= 11 is 0. The fraction of sp³-hybridized carbons (Fsp3) is 0.190. The molecule has 2 aromatic carbocycles. The number of anilines is 2. The zero-order valence-corrected chi connectivity index (χ0v) is 15.4. The van der Waals surface area contributed by atoms with Crippen molar-refractivity contribution in [1.29, 1.82) is 0 Å². The molecule has 4 rings (SSSR count). The summed E-state index contributed by atoms with van der Waals surface area (Å²) < 4.78 is 1.99. The molecule has 0 amide bonds. The summed E-state index contributed by atoms with van der Waals surface area (Å²) in [6.45, 7) is 4.80. The molecule has 0 fully saturated rings. The van der Waals surface area contributed by atoms with Crippen molar-refractivity contribution in [3.8, 4) is 11.1 Å². The van der Waals surface area contributed by atoms with Crippen LogP contribution in [0.25, 0.3) is 22.3 Å². The Hall–Kier alpha value is -3.41. The molecule has 0 unspecified atom stereocenters. The van der Waals surface area contributed by atoms with E-state index in [0.29, 0.717) is 12.4 Å². The standard InChI is InChI=1S/C21H22N6/c1-14(2)27-13-24-18-19(25-21(22)26-20(18)27)23-12-15-8-10-17(11-9-15)16-6-4-3-5-7-16/h3-11,13-14H,12H2,1-2H3,(H3,22,23,25,26). The zero-order chi connectivity index (χ0) is 18.8. The second-order valence-electron chi connectivity index (χ2n) is 6.76. The first-order valence-corrected chi connectivity index (χ1v) is 9.00. The van der Waals surface area contributed by atoms with Crippen LogP contribution in [0.1, 0.15) is 25.5 Å². The smallest absolute Gasteiger partial charge is 0.224 e. The molecule has 6 nitrogen and oxygen atoms in total. The molecule has 2 heterocycles. The Labute approximate surface area is 158 Å². The van der Waals surface area contributed by atoms with E-state index in [-0.39, 0.29) is 12.0 Å². The zero-order valence-electron chi connectivity index (χ0n) is 15.4. The molecule has 0 bridgehead atoms. The molecule has 0 aliphatic heterocycles. The maximum absolute atomic E-state index is 5.90. The van der Waals surface area contributed by atoms with Crippen molar-refractivity contribution < 1.29 is 0 Å². The number of hydrogen-bond donors (Lipinski definition) is 2. The van der Waals surface area contributed by atoms with Crippen molar-refractivity contribution in [2.45, 2.75) is 26.4 Å². The first-order chi connectivity index (χ1) is 13.1. The number of nitrogens with zero attached hydrogens (tertiary/aromatic N) is 4. The van der Waals surface area contributed by atoms with E-state index in [1.165, 1.54) is 11.1 Å². The highest BCUT2D eigenvalue weighted by atomic mass is 15.2. The molecule has 6 heteroatoms. The fourth-order valence-electron chi connectivity index (χ4n) is 3.07. The summed E-state index contributed by atoms with van der Waals surface area (Å²) in [5, 5.41) is 3.35. The number of aromatic nitrogens is 4. The van der Waals surface area contributed by atoms with E-state index in [0.717, 1.165) is 16.7 Å². The number of nitrogens with one attached hydrogen (secondary N) is 1. The molecule has 0 aliphatic rings. The van der Waals surface area contributed by atoms with Gasteiger partial charge in [-0.15, -0.1) is 0 Å². The van der Waals surface area contributed by atoms with E-state index in [1.807, 2.05) is 22.8 Å². The largest absolute Gasteiger partial charge is 0.368 e. The monoisotopic (exact) mass is 358 g/mol. The van der Waals surface area contributed by atoms with Crippen LogP contribution < -0.4 is 11.1 Å². The molecule has 0 spiro atoms.